The number of nitrogens with two attached hydrogens (primary N) is 1. The number of carboxylic acid groups (broad SMARTS) is 1. The zero-order chi connectivity index (χ0) is 16.4. The van der Waals surface area contributed by atoms with E-state index < -0.39 is 5.97 Å². The summed E-state index contributed by atoms with van der Waals surface area (Å²) in [6.45, 7) is 0. The van der Waals surface area contributed by atoms with Gasteiger partial charge in [-0.05, 0) is 18.2 Å². The smallest absolute Gasteiger partial charge is 0.335 e. The predicted molar refractivity (Wildman–Crippen MR) is 84.8 cm³/mol. The average Bonchev–Trinajstić information content (AvgIpc) is 3.00. The fourth-order valence-electron chi connectivity index (χ4n) is 2.32. The van der Waals surface area contributed by atoms with Crippen molar-refractivity contribution in [2.75, 3.05) is 5.73 Å². The molecule has 0 atom stereocenters. The van der Waals surface area contributed by atoms with E-state index in [1.54, 1.807) is 47.2 Å². The standard InChI is InChI=1S/C17H13N3O3/c18-17-19-8-9-20(17)14-7-6-12(16(22)23)10-13(14)15(21)11-4-2-1-3-5-11/h1-10H,(H2,18,19)(H,22,23). The third-order valence-electron chi connectivity index (χ3n) is 3.45. The zero-order valence-electron chi connectivity index (χ0n) is 12.0. The van der Waals surface area contributed by atoms with Gasteiger partial charge in [0.2, 0.25) is 5.95 Å². The summed E-state index contributed by atoms with van der Waals surface area (Å²) in [7, 11) is 0. The highest BCUT2D eigenvalue weighted by Crippen LogP contribution is 2.22. The number of nitrogens with zero attached hydrogens (tertiary/aromatic N) is 2. The molecule has 23 heavy (non-hydrogen) atoms. The van der Waals surface area contributed by atoms with E-state index in [1.807, 2.05) is 0 Å². The van der Waals surface area contributed by atoms with Crippen molar-refractivity contribution in [3.05, 3.63) is 77.6 Å². The second-order valence-electron chi connectivity index (χ2n) is 4.89. The van der Waals surface area contributed by atoms with Crippen molar-refractivity contribution in [1.29, 1.82) is 0 Å². The molecular formula is C17H13N3O3. The van der Waals surface area contributed by atoms with Crippen molar-refractivity contribution < 1.29 is 14.7 Å². The van der Waals surface area contributed by atoms with Crippen molar-refractivity contribution in [3.63, 3.8) is 0 Å². The SMILES string of the molecule is Nc1nccn1-c1ccc(C(=O)O)cc1C(=O)c1ccccc1. The first kappa shape index (κ1) is 14.5. The van der Waals surface area contributed by atoms with Gasteiger partial charge in [-0.2, -0.15) is 0 Å². The van der Waals surface area contributed by atoms with Crippen LogP contribution in [0.4, 0.5) is 5.95 Å². The van der Waals surface area contributed by atoms with E-state index in [4.69, 9.17) is 5.73 Å². The molecule has 0 radical (unpaired) electrons. The van der Waals surface area contributed by atoms with Crippen LogP contribution in [0.15, 0.2) is 60.9 Å². The number of ketones is 1. The van der Waals surface area contributed by atoms with E-state index in [-0.39, 0.29) is 22.9 Å². The molecule has 0 aliphatic rings. The molecule has 114 valence electrons. The zero-order valence-corrected chi connectivity index (χ0v) is 12.0. The van der Waals surface area contributed by atoms with Gasteiger partial charge in [0.25, 0.3) is 0 Å². The molecule has 2 aromatic carbocycles. The van der Waals surface area contributed by atoms with Crippen molar-refractivity contribution in [1.82, 2.24) is 9.55 Å². The molecule has 6 nitrogen and oxygen atoms in total. The van der Waals surface area contributed by atoms with Crippen LogP contribution in [0.1, 0.15) is 26.3 Å². The summed E-state index contributed by atoms with van der Waals surface area (Å²) in [4.78, 5) is 27.9. The molecule has 0 spiro atoms. The molecule has 0 saturated carbocycles. The molecule has 0 unspecified atom stereocenters. The first-order chi connectivity index (χ1) is 11.1. The van der Waals surface area contributed by atoms with Crippen molar-refractivity contribution in [3.8, 4) is 5.69 Å². The molecule has 3 aromatic rings. The van der Waals surface area contributed by atoms with Gasteiger partial charge in [-0.25, -0.2) is 9.78 Å². The Kier molecular flexibility index (Phi) is 3.64. The topological polar surface area (TPSA) is 98.2 Å². The number of hydrogen-bond donors (Lipinski definition) is 2. The molecule has 1 aromatic heterocycles. The van der Waals surface area contributed by atoms with Gasteiger partial charge in [0.15, 0.2) is 5.78 Å². The van der Waals surface area contributed by atoms with Gasteiger partial charge >= 0.3 is 5.97 Å². The fourth-order valence-corrected chi connectivity index (χ4v) is 2.32. The minimum atomic E-state index is -1.10. The number of hydrogen-bond acceptors (Lipinski definition) is 4. The normalized spacial score (nSPS) is 10.4. The Labute approximate surface area is 131 Å². The van der Waals surface area contributed by atoms with Crippen LogP contribution in [-0.2, 0) is 0 Å². The number of carbonyl (C=O) groups is 2. The summed E-state index contributed by atoms with van der Waals surface area (Å²) in [5, 5.41) is 9.18. The highest BCUT2D eigenvalue weighted by molar-refractivity contribution is 6.12. The maximum absolute atomic E-state index is 12.8. The lowest BCUT2D eigenvalue weighted by Crippen LogP contribution is -2.11. The molecule has 6 heteroatoms. The molecule has 0 fully saturated rings. The van der Waals surface area contributed by atoms with Gasteiger partial charge in [0, 0.05) is 23.5 Å². The van der Waals surface area contributed by atoms with Crippen LogP contribution in [0.5, 0.6) is 0 Å². The number of imidazole rings is 1. The Morgan fingerprint density at radius 3 is 2.39 bits per heavy atom. The fraction of sp³-hybridized carbons (Fsp3) is 0. The third-order valence-corrected chi connectivity index (χ3v) is 3.45. The van der Waals surface area contributed by atoms with Crippen LogP contribution >= 0.6 is 0 Å². The lowest BCUT2D eigenvalue weighted by molar-refractivity contribution is 0.0697. The summed E-state index contributed by atoms with van der Waals surface area (Å²) in [6, 6.07) is 13.0. The van der Waals surface area contributed by atoms with E-state index in [0.717, 1.165) is 0 Å². The van der Waals surface area contributed by atoms with Crippen molar-refractivity contribution in [2.24, 2.45) is 0 Å². The molecule has 1 heterocycles. The van der Waals surface area contributed by atoms with E-state index in [0.29, 0.717) is 11.3 Å². The highest BCUT2D eigenvalue weighted by Gasteiger charge is 2.18. The maximum Gasteiger partial charge on any atom is 0.335 e. The number of rotatable bonds is 4. The van der Waals surface area contributed by atoms with E-state index >= 15 is 0 Å². The molecule has 3 N–H and O–H groups in total. The predicted octanol–water partition coefficient (Wildman–Crippen LogP) is 2.38. The van der Waals surface area contributed by atoms with Gasteiger partial charge in [0.05, 0.1) is 11.3 Å². The monoisotopic (exact) mass is 307 g/mol. The van der Waals surface area contributed by atoms with Gasteiger partial charge in [0.1, 0.15) is 0 Å². The summed E-state index contributed by atoms with van der Waals surface area (Å²) in [5.41, 5.74) is 7.04. The second-order valence-corrected chi connectivity index (χ2v) is 4.89. The molecule has 0 aliphatic carbocycles. The molecule has 3 rings (SSSR count). The first-order valence-corrected chi connectivity index (χ1v) is 6.84. The lowest BCUT2D eigenvalue weighted by atomic mass is 9.99. The van der Waals surface area contributed by atoms with Crippen LogP contribution in [0.2, 0.25) is 0 Å². The number of aromatic nitrogens is 2. The van der Waals surface area contributed by atoms with Crippen LogP contribution in [0, 0.1) is 0 Å². The number of carbonyl (C=O) groups excluding carboxylic acids is 1. The van der Waals surface area contributed by atoms with Crippen molar-refractivity contribution in [2.45, 2.75) is 0 Å². The average molecular weight is 307 g/mol. The Hall–Kier alpha value is -3.41. The number of nitrogen functional groups attached to an aromatic ring is 1. The number of anilines is 1. The summed E-state index contributed by atoms with van der Waals surface area (Å²) >= 11 is 0. The minimum Gasteiger partial charge on any atom is -0.478 e. The summed E-state index contributed by atoms with van der Waals surface area (Å²) in [5.74, 6) is -1.16. The van der Waals surface area contributed by atoms with E-state index in [9.17, 15) is 14.7 Å². The largest absolute Gasteiger partial charge is 0.478 e. The molecule has 0 amide bonds. The summed E-state index contributed by atoms with van der Waals surface area (Å²) in [6.07, 6.45) is 3.13. The molecular weight excluding hydrogens is 294 g/mol. The Bertz CT molecular complexity index is 885. The third kappa shape index (κ3) is 2.69. The van der Waals surface area contributed by atoms with Gasteiger partial charge < -0.3 is 10.8 Å². The van der Waals surface area contributed by atoms with Crippen LogP contribution in [0.25, 0.3) is 5.69 Å². The van der Waals surface area contributed by atoms with Gasteiger partial charge in [-0.1, -0.05) is 30.3 Å². The lowest BCUT2D eigenvalue weighted by Gasteiger charge is -2.12. The van der Waals surface area contributed by atoms with Gasteiger partial charge in [-0.3, -0.25) is 9.36 Å². The maximum atomic E-state index is 12.8. The number of aromatic carboxylic acids is 1. The highest BCUT2D eigenvalue weighted by atomic mass is 16.4. The minimum absolute atomic E-state index is 0.0340. The Morgan fingerprint density at radius 1 is 1.04 bits per heavy atom. The Balaban J connectivity index is 2.20. The van der Waals surface area contributed by atoms with Crippen LogP contribution in [-0.4, -0.2) is 26.4 Å². The van der Waals surface area contributed by atoms with Gasteiger partial charge in [-0.15, -0.1) is 0 Å². The Morgan fingerprint density at radius 2 is 1.78 bits per heavy atom. The van der Waals surface area contributed by atoms with Crippen LogP contribution < -0.4 is 5.73 Å². The molecule has 0 bridgehead atoms. The molecule has 0 saturated heterocycles. The van der Waals surface area contributed by atoms with E-state index in [2.05, 4.69) is 4.98 Å². The second kappa shape index (κ2) is 5.76. The molecule has 0 aliphatic heterocycles. The van der Waals surface area contributed by atoms with E-state index in [1.165, 1.54) is 18.3 Å². The summed E-state index contributed by atoms with van der Waals surface area (Å²) < 4.78 is 1.54. The number of benzene rings is 2. The van der Waals surface area contributed by atoms with Crippen molar-refractivity contribution >= 4 is 17.7 Å². The quantitative estimate of drug-likeness (QED) is 0.721. The number of carboxylic acids is 1. The first-order valence-electron chi connectivity index (χ1n) is 6.84. The van der Waals surface area contributed by atoms with Crippen LogP contribution in [0.3, 0.4) is 0 Å².